The van der Waals surface area contributed by atoms with Crippen LogP contribution in [-0.2, 0) is 17.8 Å². The van der Waals surface area contributed by atoms with Gasteiger partial charge in [-0.25, -0.2) is 9.37 Å². The van der Waals surface area contributed by atoms with Crippen LogP contribution in [0.2, 0.25) is 0 Å². The summed E-state index contributed by atoms with van der Waals surface area (Å²) in [5, 5.41) is 2.95. The summed E-state index contributed by atoms with van der Waals surface area (Å²) in [4.78, 5) is 21.0. The maximum absolute atomic E-state index is 13.7. The highest BCUT2D eigenvalue weighted by Gasteiger charge is 2.24. The summed E-state index contributed by atoms with van der Waals surface area (Å²) < 4.78 is 16.1. The fraction of sp³-hybridized carbons (Fsp3) is 0.500. The maximum Gasteiger partial charge on any atom is 0.217 e. The number of imidazole rings is 1. The molecule has 2 unspecified atom stereocenters. The van der Waals surface area contributed by atoms with Gasteiger partial charge in [0.05, 0.1) is 11.7 Å². The number of rotatable bonds is 9. The molecule has 0 radical (unpaired) electrons. The van der Waals surface area contributed by atoms with Gasteiger partial charge < -0.3 is 19.7 Å². The van der Waals surface area contributed by atoms with E-state index in [9.17, 15) is 9.18 Å². The van der Waals surface area contributed by atoms with Crippen LogP contribution >= 0.6 is 0 Å². The molecule has 1 N–H and O–H groups in total. The van der Waals surface area contributed by atoms with Crippen LogP contribution in [0, 0.1) is 12.7 Å². The normalized spacial score (nSPS) is 15.8. The fourth-order valence-electron chi connectivity index (χ4n) is 4.52. The number of fused-ring (bicyclic) bond motifs is 1. The second kappa shape index (κ2) is 10.1. The Bertz CT molecular complexity index is 925. The predicted molar refractivity (Wildman–Crippen MR) is 121 cm³/mol. The van der Waals surface area contributed by atoms with Crippen molar-refractivity contribution in [1.29, 1.82) is 0 Å². The smallest absolute Gasteiger partial charge is 0.217 e. The lowest BCUT2D eigenvalue weighted by Gasteiger charge is -2.30. The first-order valence-corrected chi connectivity index (χ1v) is 10.9. The van der Waals surface area contributed by atoms with Gasteiger partial charge in [-0.1, -0.05) is 18.7 Å². The van der Waals surface area contributed by atoms with E-state index in [1.165, 1.54) is 30.4 Å². The fourth-order valence-corrected chi connectivity index (χ4v) is 4.52. The van der Waals surface area contributed by atoms with Crippen molar-refractivity contribution in [3.05, 3.63) is 65.6 Å². The first-order chi connectivity index (χ1) is 14.8. The minimum Gasteiger partial charge on any atom is -0.376 e. The SMILES string of the molecule is C=CN(CCC(NC(C)=O)c1cccc(F)c1)CC(C)n1c(C)nc2c1CCN(C)C2. The van der Waals surface area contributed by atoms with E-state index in [-0.39, 0.29) is 23.8 Å². The minimum absolute atomic E-state index is 0.126. The quantitative estimate of drug-likeness (QED) is 0.665. The van der Waals surface area contributed by atoms with E-state index < -0.39 is 0 Å². The van der Waals surface area contributed by atoms with Crippen molar-refractivity contribution in [3.8, 4) is 0 Å². The average Bonchev–Trinajstić information content (AvgIpc) is 3.04. The molecule has 1 aliphatic heterocycles. The highest BCUT2D eigenvalue weighted by molar-refractivity contribution is 5.73. The molecule has 2 heterocycles. The molecule has 0 fully saturated rings. The zero-order chi connectivity index (χ0) is 22.5. The Hall–Kier alpha value is -2.67. The summed E-state index contributed by atoms with van der Waals surface area (Å²) in [5.74, 6) is 0.624. The average molecular weight is 428 g/mol. The van der Waals surface area contributed by atoms with Crippen molar-refractivity contribution in [3.63, 3.8) is 0 Å². The Balaban J connectivity index is 1.68. The molecule has 2 aromatic rings. The molecular formula is C24H34FN5O. The lowest BCUT2D eigenvalue weighted by molar-refractivity contribution is -0.119. The van der Waals surface area contributed by atoms with Crippen LogP contribution in [0.4, 0.5) is 4.39 Å². The Morgan fingerprint density at radius 3 is 2.90 bits per heavy atom. The molecule has 31 heavy (non-hydrogen) atoms. The van der Waals surface area contributed by atoms with E-state index in [4.69, 9.17) is 4.98 Å². The Morgan fingerprint density at radius 1 is 1.45 bits per heavy atom. The summed E-state index contributed by atoms with van der Waals surface area (Å²) in [6, 6.07) is 6.42. The number of halogens is 1. The summed E-state index contributed by atoms with van der Waals surface area (Å²) in [6.45, 7) is 13.2. The highest BCUT2D eigenvalue weighted by Crippen LogP contribution is 2.24. The van der Waals surface area contributed by atoms with Gasteiger partial charge in [0.2, 0.25) is 5.91 Å². The first-order valence-electron chi connectivity index (χ1n) is 10.9. The number of hydrogen-bond acceptors (Lipinski definition) is 4. The maximum atomic E-state index is 13.7. The van der Waals surface area contributed by atoms with Gasteiger partial charge in [0.15, 0.2) is 0 Å². The van der Waals surface area contributed by atoms with Crippen molar-refractivity contribution in [2.24, 2.45) is 0 Å². The van der Waals surface area contributed by atoms with Gasteiger partial charge >= 0.3 is 0 Å². The second-order valence-corrected chi connectivity index (χ2v) is 8.53. The zero-order valence-corrected chi connectivity index (χ0v) is 19.1. The van der Waals surface area contributed by atoms with Crippen molar-refractivity contribution in [1.82, 2.24) is 24.7 Å². The van der Waals surface area contributed by atoms with Gasteiger partial charge in [-0.2, -0.15) is 0 Å². The molecular weight excluding hydrogens is 393 g/mol. The van der Waals surface area contributed by atoms with Crippen LogP contribution in [0.25, 0.3) is 0 Å². The number of hydrogen-bond donors (Lipinski definition) is 1. The third kappa shape index (κ3) is 5.73. The molecule has 2 atom stereocenters. The number of likely N-dealkylation sites (N-methyl/N-ethyl adjacent to an activating group) is 1. The monoisotopic (exact) mass is 427 g/mol. The lowest BCUT2D eigenvalue weighted by atomic mass is 10.0. The van der Waals surface area contributed by atoms with E-state index in [1.54, 1.807) is 6.07 Å². The van der Waals surface area contributed by atoms with E-state index in [2.05, 4.69) is 47.2 Å². The van der Waals surface area contributed by atoms with Crippen molar-refractivity contribution in [2.45, 2.75) is 52.2 Å². The summed E-state index contributed by atoms with van der Waals surface area (Å²) >= 11 is 0. The largest absolute Gasteiger partial charge is 0.376 e. The molecule has 0 bridgehead atoms. The van der Waals surface area contributed by atoms with Crippen LogP contribution in [0.15, 0.2) is 37.0 Å². The number of amides is 1. The highest BCUT2D eigenvalue weighted by atomic mass is 19.1. The van der Waals surface area contributed by atoms with Gasteiger partial charge in [-0.05, 0) is 51.2 Å². The molecule has 3 rings (SSSR count). The molecule has 1 aromatic carbocycles. The molecule has 7 heteroatoms. The third-order valence-electron chi connectivity index (χ3n) is 5.95. The van der Waals surface area contributed by atoms with E-state index in [1.807, 2.05) is 12.3 Å². The number of aryl methyl sites for hydroxylation is 1. The van der Waals surface area contributed by atoms with Crippen molar-refractivity contribution < 1.29 is 9.18 Å². The predicted octanol–water partition coefficient (Wildman–Crippen LogP) is 3.59. The topological polar surface area (TPSA) is 53.4 Å². The number of carbonyl (C=O) groups excluding carboxylic acids is 1. The number of carbonyl (C=O) groups is 1. The molecule has 168 valence electrons. The third-order valence-corrected chi connectivity index (χ3v) is 5.95. The summed E-state index contributed by atoms with van der Waals surface area (Å²) in [6.07, 6.45) is 3.52. The number of nitrogens with one attached hydrogen (secondary N) is 1. The molecule has 1 aromatic heterocycles. The van der Waals surface area contributed by atoms with Crippen LogP contribution < -0.4 is 5.32 Å². The van der Waals surface area contributed by atoms with Crippen molar-refractivity contribution >= 4 is 5.91 Å². The molecule has 1 amide bonds. The lowest BCUT2D eigenvalue weighted by Crippen LogP contribution is -2.33. The van der Waals surface area contributed by atoms with Crippen LogP contribution in [0.1, 0.15) is 55.1 Å². The molecule has 0 saturated heterocycles. The molecule has 1 aliphatic rings. The molecule has 6 nitrogen and oxygen atoms in total. The molecule has 0 spiro atoms. The Kier molecular flexibility index (Phi) is 7.49. The van der Waals surface area contributed by atoms with Crippen molar-refractivity contribution in [2.75, 3.05) is 26.7 Å². The standard InChI is InChI=1S/C24H34FN5O/c1-6-29(13-10-22(27-19(4)31)20-8-7-9-21(25)14-20)15-17(2)30-18(3)26-23-16-28(5)12-11-24(23)30/h6-9,14,17,22H,1,10-13,15-16H2,2-5H3,(H,27,31). The van der Waals surface area contributed by atoms with Gasteiger partial charge in [-0.3, -0.25) is 4.79 Å². The van der Waals surface area contributed by atoms with Gasteiger partial charge in [0.1, 0.15) is 11.6 Å². The Morgan fingerprint density at radius 2 is 2.23 bits per heavy atom. The van der Waals surface area contributed by atoms with E-state index in [0.717, 1.165) is 37.4 Å². The van der Waals surface area contributed by atoms with Gasteiger partial charge in [-0.15, -0.1) is 0 Å². The van der Waals surface area contributed by atoms with E-state index >= 15 is 0 Å². The van der Waals surface area contributed by atoms with E-state index in [0.29, 0.717) is 13.0 Å². The summed E-state index contributed by atoms with van der Waals surface area (Å²) in [5.41, 5.74) is 3.29. The number of nitrogens with zero attached hydrogens (tertiary/aromatic N) is 4. The second-order valence-electron chi connectivity index (χ2n) is 8.53. The Labute approximate surface area is 184 Å². The molecule has 0 saturated carbocycles. The number of aromatic nitrogens is 2. The number of benzene rings is 1. The van der Waals surface area contributed by atoms with Gasteiger partial charge in [0.25, 0.3) is 0 Å². The summed E-state index contributed by atoms with van der Waals surface area (Å²) in [7, 11) is 2.13. The first kappa shape index (κ1) is 23.0. The molecule has 0 aliphatic carbocycles. The van der Waals surface area contributed by atoms with Crippen LogP contribution in [0.5, 0.6) is 0 Å². The van der Waals surface area contributed by atoms with Crippen LogP contribution in [0.3, 0.4) is 0 Å². The van der Waals surface area contributed by atoms with Crippen LogP contribution in [-0.4, -0.2) is 51.9 Å². The zero-order valence-electron chi connectivity index (χ0n) is 19.1. The van der Waals surface area contributed by atoms with Gasteiger partial charge in [0, 0.05) is 51.3 Å². The minimum atomic E-state index is -0.298.